The van der Waals surface area contributed by atoms with Gasteiger partial charge in [0.2, 0.25) is 0 Å². The second kappa shape index (κ2) is 11.0. The Hall–Kier alpha value is -5.70. The first kappa shape index (κ1) is 26.7. The Balaban J connectivity index is 1.16. The van der Waals surface area contributed by atoms with Crippen molar-refractivity contribution in [3.8, 4) is 22.3 Å². The van der Waals surface area contributed by atoms with Crippen molar-refractivity contribution in [2.24, 2.45) is 0 Å². The maximum Gasteiger partial charge on any atom is 0.0640 e. The van der Waals surface area contributed by atoms with Gasteiger partial charge in [-0.3, -0.25) is 0 Å². The highest BCUT2D eigenvalue weighted by atomic mass is 32.1. The van der Waals surface area contributed by atoms with Crippen molar-refractivity contribution in [2.75, 3.05) is 4.90 Å². The Morgan fingerprint density at radius 2 is 0.826 bits per heavy atom. The predicted octanol–water partition coefficient (Wildman–Crippen LogP) is 13.2. The zero-order valence-corrected chi connectivity index (χ0v) is 25.9. The fourth-order valence-electron chi connectivity index (χ4n) is 6.68. The van der Waals surface area contributed by atoms with E-state index in [1.807, 2.05) is 11.3 Å². The minimum Gasteiger partial charge on any atom is -0.309 e. The molecule has 8 aromatic carbocycles. The summed E-state index contributed by atoms with van der Waals surface area (Å²) in [5.74, 6) is 0. The first-order valence-electron chi connectivity index (χ1n) is 15.7. The fourth-order valence-corrected chi connectivity index (χ4v) is 7.89. The Morgan fingerprint density at radius 3 is 1.41 bits per heavy atom. The number of thiophene rings is 1. The number of nitrogens with zero attached hydrogens (tertiary/aromatic N) is 1. The molecule has 0 aliphatic carbocycles. The predicted molar refractivity (Wildman–Crippen MR) is 200 cm³/mol. The average Bonchev–Trinajstić information content (AvgIpc) is 3.51. The molecule has 0 amide bonds. The highest BCUT2D eigenvalue weighted by Crippen LogP contribution is 2.45. The van der Waals surface area contributed by atoms with Crippen molar-refractivity contribution < 1.29 is 0 Å². The van der Waals surface area contributed by atoms with Crippen LogP contribution in [0, 0.1) is 0 Å². The van der Waals surface area contributed by atoms with Gasteiger partial charge >= 0.3 is 0 Å². The van der Waals surface area contributed by atoms with Gasteiger partial charge in [-0.2, -0.15) is 0 Å². The third kappa shape index (κ3) is 4.63. The smallest absolute Gasteiger partial charge is 0.0640 e. The van der Waals surface area contributed by atoms with E-state index in [1.54, 1.807) is 0 Å². The normalized spacial score (nSPS) is 11.5. The van der Waals surface area contributed by atoms with E-state index in [-0.39, 0.29) is 0 Å². The maximum atomic E-state index is 2.41. The Bertz CT molecular complexity index is 2400. The van der Waals surface area contributed by atoms with Crippen LogP contribution < -0.4 is 4.90 Å². The molecule has 0 aliphatic heterocycles. The van der Waals surface area contributed by atoms with Crippen molar-refractivity contribution in [3.63, 3.8) is 0 Å². The van der Waals surface area contributed by atoms with Gasteiger partial charge in [-0.05, 0) is 92.3 Å². The van der Waals surface area contributed by atoms with E-state index in [9.17, 15) is 0 Å². The number of anilines is 3. The van der Waals surface area contributed by atoms with Crippen LogP contribution in [0.2, 0.25) is 0 Å². The summed E-state index contributed by atoms with van der Waals surface area (Å²) < 4.78 is 2.60. The minimum atomic E-state index is 1.13. The van der Waals surface area contributed by atoms with Crippen LogP contribution in [0.4, 0.5) is 17.1 Å². The SMILES string of the molecule is c1ccc2cc(-c3ccc(N(c4ccc(-c5ccc6ccccc6c5)cc4)c4cccc5c4sc4ccccc45)cc3)ccc2c1. The Morgan fingerprint density at radius 1 is 0.348 bits per heavy atom. The van der Waals surface area contributed by atoms with Gasteiger partial charge in [-0.25, -0.2) is 0 Å². The molecule has 0 radical (unpaired) electrons. The molecule has 0 saturated carbocycles. The molecular weight excluding hydrogens is 575 g/mol. The van der Waals surface area contributed by atoms with Gasteiger partial charge in [-0.15, -0.1) is 11.3 Å². The van der Waals surface area contributed by atoms with Crippen LogP contribution in [-0.2, 0) is 0 Å². The summed E-state index contributed by atoms with van der Waals surface area (Å²) in [7, 11) is 0. The van der Waals surface area contributed by atoms with Gasteiger partial charge in [0.15, 0.2) is 0 Å². The monoisotopic (exact) mass is 603 g/mol. The van der Waals surface area contributed by atoms with Crippen LogP contribution in [0.15, 0.2) is 176 Å². The van der Waals surface area contributed by atoms with Crippen LogP contribution in [0.1, 0.15) is 0 Å². The zero-order chi connectivity index (χ0) is 30.5. The van der Waals surface area contributed by atoms with Gasteiger partial charge in [0.1, 0.15) is 0 Å². The number of benzene rings is 8. The Kier molecular flexibility index (Phi) is 6.40. The first-order valence-corrected chi connectivity index (χ1v) is 16.5. The number of rotatable bonds is 5. The molecule has 1 nitrogen and oxygen atoms in total. The molecular formula is C44H29NS. The second-order valence-corrected chi connectivity index (χ2v) is 12.9. The molecule has 0 aliphatic rings. The highest BCUT2D eigenvalue weighted by molar-refractivity contribution is 7.26. The number of hydrogen-bond donors (Lipinski definition) is 0. The number of hydrogen-bond acceptors (Lipinski definition) is 2. The Labute approximate surface area is 272 Å². The van der Waals surface area contributed by atoms with E-state index < -0.39 is 0 Å². The summed E-state index contributed by atoms with van der Waals surface area (Å²) in [6.07, 6.45) is 0. The van der Waals surface area contributed by atoms with Crippen molar-refractivity contribution >= 4 is 70.1 Å². The largest absolute Gasteiger partial charge is 0.309 e. The van der Waals surface area contributed by atoms with E-state index in [0.29, 0.717) is 0 Å². The summed E-state index contributed by atoms with van der Waals surface area (Å²) in [5.41, 5.74) is 8.32. The van der Waals surface area contributed by atoms with Gasteiger partial charge in [0, 0.05) is 26.8 Å². The van der Waals surface area contributed by atoms with Crippen molar-refractivity contribution in [3.05, 3.63) is 176 Å². The topological polar surface area (TPSA) is 3.24 Å². The summed E-state index contributed by atoms with van der Waals surface area (Å²) in [4.78, 5) is 2.41. The molecule has 216 valence electrons. The molecule has 0 atom stereocenters. The first-order chi connectivity index (χ1) is 22.8. The van der Waals surface area contributed by atoms with Crippen molar-refractivity contribution in [2.45, 2.75) is 0 Å². The molecule has 0 bridgehead atoms. The standard InChI is InChI=1S/C44H29NS/c1-3-10-34-28-36(18-16-30(34)8-1)32-20-24-38(25-21-32)45(42-14-7-13-41-40-12-5-6-15-43(40)46-44(41)42)39-26-22-33(23-27-39)37-19-17-31-9-2-4-11-35(31)29-37/h1-29H. The van der Waals surface area contributed by atoms with Gasteiger partial charge < -0.3 is 4.90 Å². The fraction of sp³-hybridized carbons (Fsp3) is 0. The lowest BCUT2D eigenvalue weighted by atomic mass is 10.00. The van der Waals surface area contributed by atoms with E-state index in [4.69, 9.17) is 0 Å². The molecule has 0 unspecified atom stereocenters. The van der Waals surface area contributed by atoms with Gasteiger partial charge in [0.05, 0.1) is 10.4 Å². The van der Waals surface area contributed by atoms with Crippen LogP contribution in [0.5, 0.6) is 0 Å². The second-order valence-electron chi connectivity index (χ2n) is 11.8. The molecule has 46 heavy (non-hydrogen) atoms. The molecule has 0 spiro atoms. The molecule has 9 aromatic rings. The van der Waals surface area contributed by atoms with Crippen molar-refractivity contribution in [1.82, 2.24) is 0 Å². The number of fused-ring (bicyclic) bond motifs is 5. The van der Waals surface area contributed by atoms with Crippen LogP contribution in [-0.4, -0.2) is 0 Å². The van der Waals surface area contributed by atoms with E-state index in [2.05, 4.69) is 181 Å². The van der Waals surface area contributed by atoms with Crippen LogP contribution in [0.25, 0.3) is 64.0 Å². The van der Waals surface area contributed by atoms with Crippen molar-refractivity contribution in [1.29, 1.82) is 0 Å². The highest BCUT2D eigenvalue weighted by Gasteiger charge is 2.18. The summed E-state index contributed by atoms with van der Waals surface area (Å²) in [6, 6.07) is 64.0. The molecule has 0 N–H and O–H groups in total. The molecule has 1 heterocycles. The quantitative estimate of drug-likeness (QED) is 0.189. The molecule has 1 aromatic heterocycles. The average molecular weight is 604 g/mol. The lowest BCUT2D eigenvalue weighted by Gasteiger charge is -2.26. The van der Waals surface area contributed by atoms with Crippen LogP contribution in [0.3, 0.4) is 0 Å². The molecule has 0 saturated heterocycles. The molecule has 2 heteroatoms. The van der Waals surface area contributed by atoms with E-state index >= 15 is 0 Å². The lowest BCUT2D eigenvalue weighted by Crippen LogP contribution is -2.10. The minimum absolute atomic E-state index is 1.13. The molecule has 0 fully saturated rings. The summed E-state index contributed by atoms with van der Waals surface area (Å²) in [5, 5.41) is 7.64. The van der Waals surface area contributed by atoms with E-state index in [1.165, 1.54) is 69.7 Å². The van der Waals surface area contributed by atoms with Gasteiger partial charge in [0.25, 0.3) is 0 Å². The third-order valence-corrected chi connectivity index (χ3v) is 10.3. The van der Waals surface area contributed by atoms with Crippen LogP contribution >= 0.6 is 11.3 Å². The summed E-state index contributed by atoms with van der Waals surface area (Å²) in [6.45, 7) is 0. The maximum absolute atomic E-state index is 2.41. The van der Waals surface area contributed by atoms with Gasteiger partial charge in [-0.1, -0.05) is 127 Å². The summed E-state index contributed by atoms with van der Waals surface area (Å²) >= 11 is 1.87. The zero-order valence-electron chi connectivity index (χ0n) is 25.1. The third-order valence-electron chi connectivity index (χ3n) is 9.04. The molecule has 9 rings (SSSR count). The van der Waals surface area contributed by atoms with E-state index in [0.717, 1.165) is 11.4 Å². The lowest BCUT2D eigenvalue weighted by molar-refractivity contribution is 1.30.